The molecule has 0 bridgehead atoms. The van der Waals surface area contributed by atoms with Crippen LogP contribution in [0.15, 0.2) is 35.7 Å². The molecule has 1 heterocycles. The van der Waals surface area contributed by atoms with Crippen molar-refractivity contribution in [3.63, 3.8) is 0 Å². The molecule has 3 nitrogen and oxygen atoms in total. The Kier molecular flexibility index (Phi) is 4.23. The number of thiophene rings is 1. The molecule has 0 saturated heterocycles. The highest BCUT2D eigenvalue weighted by Gasteiger charge is 2.07. The number of ether oxygens (including phenoxy) is 1. The van der Waals surface area contributed by atoms with E-state index in [1.165, 1.54) is 4.88 Å². The van der Waals surface area contributed by atoms with Gasteiger partial charge in [-0.05, 0) is 29.6 Å². The van der Waals surface area contributed by atoms with E-state index in [1.807, 2.05) is 11.4 Å². The van der Waals surface area contributed by atoms with Gasteiger partial charge in [-0.15, -0.1) is 11.3 Å². The van der Waals surface area contributed by atoms with Crippen molar-refractivity contribution >= 4 is 28.8 Å². The Balaban J connectivity index is 2.02. The topological polar surface area (TPSA) is 59.1 Å². The Hall–Kier alpha value is -1.52. The van der Waals surface area contributed by atoms with E-state index in [0.29, 0.717) is 22.9 Å². The van der Waals surface area contributed by atoms with Gasteiger partial charge in [0.25, 0.3) is 0 Å². The summed E-state index contributed by atoms with van der Waals surface area (Å²) in [7, 11) is 0. The molecule has 0 fully saturated rings. The molecule has 3 N–H and O–H groups in total. The smallest absolute Gasteiger partial charge is 0.130 e. The van der Waals surface area contributed by atoms with E-state index in [0.717, 1.165) is 6.42 Å². The van der Waals surface area contributed by atoms with Gasteiger partial charge < -0.3 is 10.5 Å². The Labute approximate surface area is 115 Å². The van der Waals surface area contributed by atoms with Crippen LogP contribution in [0.2, 0.25) is 5.02 Å². The van der Waals surface area contributed by atoms with Crippen LogP contribution in [0.1, 0.15) is 10.4 Å². The molecule has 2 rings (SSSR count). The molecule has 0 aliphatic rings. The minimum absolute atomic E-state index is 0.0383. The lowest BCUT2D eigenvalue weighted by molar-refractivity contribution is 0.322. The highest BCUT2D eigenvalue weighted by Crippen LogP contribution is 2.22. The number of halogens is 1. The third-order valence-corrected chi connectivity index (χ3v) is 3.59. The lowest BCUT2D eigenvalue weighted by Gasteiger charge is -2.10. The Morgan fingerprint density at radius 1 is 1.39 bits per heavy atom. The monoisotopic (exact) mass is 280 g/mol. The summed E-state index contributed by atoms with van der Waals surface area (Å²) in [6, 6.07) is 9.21. The van der Waals surface area contributed by atoms with Crippen molar-refractivity contribution < 1.29 is 4.74 Å². The average Bonchev–Trinajstić information content (AvgIpc) is 2.84. The van der Waals surface area contributed by atoms with E-state index in [2.05, 4.69) is 6.07 Å². The molecule has 0 saturated carbocycles. The van der Waals surface area contributed by atoms with Gasteiger partial charge in [-0.2, -0.15) is 0 Å². The molecule has 5 heteroatoms. The first kappa shape index (κ1) is 12.9. The second-order valence-electron chi connectivity index (χ2n) is 3.73. The van der Waals surface area contributed by atoms with Gasteiger partial charge in [0.15, 0.2) is 0 Å². The molecule has 0 unspecified atom stereocenters. The first-order chi connectivity index (χ1) is 8.66. The van der Waals surface area contributed by atoms with E-state index in [9.17, 15) is 0 Å². The molecule has 94 valence electrons. The quantitative estimate of drug-likeness (QED) is 0.652. The molecule has 1 aromatic heterocycles. The summed E-state index contributed by atoms with van der Waals surface area (Å²) in [5.41, 5.74) is 6.03. The van der Waals surface area contributed by atoms with E-state index < -0.39 is 0 Å². The van der Waals surface area contributed by atoms with Crippen molar-refractivity contribution in [1.82, 2.24) is 0 Å². The number of nitrogen functional groups attached to an aromatic ring is 1. The van der Waals surface area contributed by atoms with E-state index in [-0.39, 0.29) is 5.84 Å². The highest BCUT2D eigenvalue weighted by molar-refractivity contribution is 7.09. The molecule has 0 atom stereocenters. The van der Waals surface area contributed by atoms with E-state index in [1.54, 1.807) is 29.5 Å². The van der Waals surface area contributed by atoms with Gasteiger partial charge in [0.05, 0.1) is 12.2 Å². The normalized spacial score (nSPS) is 10.3. The van der Waals surface area contributed by atoms with Crippen LogP contribution in [0.25, 0.3) is 0 Å². The summed E-state index contributed by atoms with van der Waals surface area (Å²) in [5, 5.41) is 10.1. The lowest BCUT2D eigenvalue weighted by Crippen LogP contribution is -2.13. The fourth-order valence-corrected chi connectivity index (χ4v) is 2.42. The van der Waals surface area contributed by atoms with E-state index in [4.69, 9.17) is 27.5 Å². The number of amidine groups is 1. The summed E-state index contributed by atoms with van der Waals surface area (Å²) < 4.78 is 5.65. The molecule has 0 aliphatic heterocycles. The Bertz CT molecular complexity index is 540. The van der Waals surface area contributed by atoms with Crippen LogP contribution in [-0.4, -0.2) is 12.4 Å². The number of hydrogen-bond acceptors (Lipinski definition) is 3. The zero-order valence-electron chi connectivity index (χ0n) is 9.65. The minimum Gasteiger partial charge on any atom is -0.492 e. The van der Waals surface area contributed by atoms with Crippen molar-refractivity contribution in [2.75, 3.05) is 6.61 Å². The Morgan fingerprint density at radius 3 is 2.89 bits per heavy atom. The minimum atomic E-state index is -0.0383. The summed E-state index contributed by atoms with van der Waals surface area (Å²) in [6.45, 7) is 0.558. The molecule has 0 spiro atoms. The maximum Gasteiger partial charge on any atom is 0.130 e. The molecular weight excluding hydrogens is 268 g/mol. The lowest BCUT2D eigenvalue weighted by atomic mass is 10.2. The largest absolute Gasteiger partial charge is 0.492 e. The number of nitrogens with two attached hydrogens (primary N) is 1. The molecule has 18 heavy (non-hydrogen) atoms. The number of hydrogen-bond donors (Lipinski definition) is 2. The van der Waals surface area contributed by atoms with Crippen molar-refractivity contribution in [3.05, 3.63) is 51.2 Å². The van der Waals surface area contributed by atoms with Gasteiger partial charge in [0, 0.05) is 16.3 Å². The van der Waals surface area contributed by atoms with Crippen LogP contribution in [0, 0.1) is 5.41 Å². The first-order valence-electron chi connectivity index (χ1n) is 5.46. The van der Waals surface area contributed by atoms with Crippen LogP contribution >= 0.6 is 22.9 Å². The first-order valence-corrected chi connectivity index (χ1v) is 6.71. The van der Waals surface area contributed by atoms with Crippen LogP contribution < -0.4 is 10.5 Å². The van der Waals surface area contributed by atoms with Gasteiger partial charge in [0.2, 0.25) is 0 Å². The molecule has 0 amide bonds. The van der Waals surface area contributed by atoms with Crippen molar-refractivity contribution in [1.29, 1.82) is 5.41 Å². The van der Waals surface area contributed by atoms with Crippen LogP contribution in [0.3, 0.4) is 0 Å². The van der Waals surface area contributed by atoms with Crippen molar-refractivity contribution in [2.45, 2.75) is 6.42 Å². The molecule has 2 aromatic rings. The molecule has 1 aromatic carbocycles. The maximum atomic E-state index is 7.49. The SMILES string of the molecule is N=C(N)c1cc(Cl)ccc1OCCc1cccs1. The van der Waals surface area contributed by atoms with Gasteiger partial charge in [-0.25, -0.2) is 0 Å². The number of rotatable bonds is 5. The molecule has 0 aliphatic carbocycles. The Morgan fingerprint density at radius 2 is 2.22 bits per heavy atom. The van der Waals surface area contributed by atoms with Gasteiger partial charge >= 0.3 is 0 Å². The van der Waals surface area contributed by atoms with Crippen LogP contribution in [0.4, 0.5) is 0 Å². The van der Waals surface area contributed by atoms with Crippen molar-refractivity contribution in [3.8, 4) is 5.75 Å². The standard InChI is InChI=1S/C13H13ClN2OS/c14-9-3-4-12(11(8-9)13(15)16)17-6-5-10-2-1-7-18-10/h1-4,7-8H,5-6H2,(H3,15,16). The van der Waals surface area contributed by atoms with Crippen LogP contribution in [-0.2, 0) is 6.42 Å². The zero-order chi connectivity index (χ0) is 13.0. The number of benzene rings is 1. The summed E-state index contributed by atoms with van der Waals surface area (Å²) in [6.07, 6.45) is 0.845. The van der Waals surface area contributed by atoms with E-state index >= 15 is 0 Å². The summed E-state index contributed by atoms with van der Waals surface area (Å²) >= 11 is 7.57. The molecular formula is C13H13ClN2OS. The van der Waals surface area contributed by atoms with Gasteiger partial charge in [-0.1, -0.05) is 17.7 Å². The van der Waals surface area contributed by atoms with Gasteiger partial charge in [-0.3, -0.25) is 5.41 Å². The van der Waals surface area contributed by atoms with Gasteiger partial charge in [0.1, 0.15) is 11.6 Å². The fraction of sp³-hybridized carbons (Fsp3) is 0.154. The second-order valence-corrected chi connectivity index (χ2v) is 5.20. The average molecular weight is 281 g/mol. The maximum absolute atomic E-state index is 7.49. The fourth-order valence-electron chi connectivity index (χ4n) is 1.55. The summed E-state index contributed by atoms with van der Waals surface area (Å²) in [5.74, 6) is 0.562. The van der Waals surface area contributed by atoms with Crippen molar-refractivity contribution in [2.24, 2.45) is 5.73 Å². The predicted molar refractivity (Wildman–Crippen MR) is 76.0 cm³/mol. The third-order valence-electron chi connectivity index (χ3n) is 2.42. The molecule has 0 radical (unpaired) electrons. The third kappa shape index (κ3) is 3.24. The zero-order valence-corrected chi connectivity index (χ0v) is 11.2. The predicted octanol–water partition coefficient (Wildman–Crippen LogP) is 3.31. The second kappa shape index (κ2) is 5.89. The highest BCUT2D eigenvalue weighted by atomic mass is 35.5. The summed E-state index contributed by atoms with van der Waals surface area (Å²) in [4.78, 5) is 1.27. The number of nitrogens with one attached hydrogen (secondary N) is 1. The van der Waals surface area contributed by atoms with Crippen LogP contribution in [0.5, 0.6) is 5.75 Å².